The second kappa shape index (κ2) is 11.7. The van der Waals surface area contributed by atoms with Crippen molar-refractivity contribution in [3.05, 3.63) is 29.8 Å². The van der Waals surface area contributed by atoms with Crippen LogP contribution in [0.25, 0.3) is 0 Å². The monoisotopic (exact) mass is 382 g/mol. The molecule has 3 N–H and O–H groups in total. The molecule has 0 aliphatic heterocycles. The molecule has 0 atom stereocenters. The van der Waals surface area contributed by atoms with Crippen LogP contribution >= 0.6 is 24.0 Å². The lowest BCUT2D eigenvalue weighted by Gasteiger charge is -2.14. The van der Waals surface area contributed by atoms with Gasteiger partial charge in [-0.2, -0.15) is 0 Å². The molecule has 0 fully saturated rings. The van der Waals surface area contributed by atoms with E-state index in [9.17, 15) is 9.59 Å². The van der Waals surface area contributed by atoms with Gasteiger partial charge in [0.1, 0.15) is 0 Å². The van der Waals surface area contributed by atoms with Gasteiger partial charge in [0.05, 0.1) is 11.3 Å². The Balaban J connectivity index is 2.52. The number of benzene rings is 1. The van der Waals surface area contributed by atoms with E-state index in [1.165, 1.54) is 16.7 Å². The van der Waals surface area contributed by atoms with Gasteiger partial charge in [0.15, 0.2) is 5.11 Å². The van der Waals surface area contributed by atoms with Gasteiger partial charge >= 0.3 is 0 Å². The van der Waals surface area contributed by atoms with Gasteiger partial charge in [-0.05, 0) is 30.8 Å². The first-order valence-electron chi connectivity index (χ1n) is 8.21. The molecule has 1 aromatic rings. The van der Waals surface area contributed by atoms with Gasteiger partial charge in [-0.3, -0.25) is 20.4 Å². The fraction of sp³-hybridized carbons (Fsp3) is 0.471. The summed E-state index contributed by atoms with van der Waals surface area (Å²) in [4.78, 5) is 26.4. The van der Waals surface area contributed by atoms with E-state index in [0.29, 0.717) is 10.7 Å². The fourth-order valence-electron chi connectivity index (χ4n) is 1.85. The fourth-order valence-corrected chi connectivity index (χ4v) is 3.03. The van der Waals surface area contributed by atoms with Gasteiger partial charge in [-0.15, -0.1) is 11.8 Å². The molecule has 0 radical (unpaired) electrons. The molecule has 8 heteroatoms. The van der Waals surface area contributed by atoms with Gasteiger partial charge in [0.25, 0.3) is 5.91 Å². The van der Waals surface area contributed by atoms with E-state index in [-0.39, 0.29) is 17.6 Å². The van der Waals surface area contributed by atoms with Gasteiger partial charge in [-0.1, -0.05) is 31.9 Å². The molecule has 0 heterocycles. The molecule has 6 nitrogen and oxygen atoms in total. The molecular weight excluding hydrogens is 356 g/mol. The third-order valence-electron chi connectivity index (χ3n) is 3.34. The van der Waals surface area contributed by atoms with Gasteiger partial charge in [0, 0.05) is 25.5 Å². The Kier molecular flexibility index (Phi) is 9.94. The number of rotatable bonds is 8. The lowest BCUT2D eigenvalue weighted by Crippen LogP contribution is -2.47. The summed E-state index contributed by atoms with van der Waals surface area (Å²) in [6.07, 6.45) is 3.31. The molecule has 2 amide bonds. The summed E-state index contributed by atoms with van der Waals surface area (Å²) in [5, 5.41) is 3.43. The minimum absolute atomic E-state index is 0.00390. The average molecular weight is 383 g/mol. The summed E-state index contributed by atoms with van der Waals surface area (Å²) >= 11 is 6.46. The number of hydrogen-bond donors (Lipinski definition) is 3. The minimum Gasteiger partial charge on any atom is -0.361 e. The summed E-state index contributed by atoms with van der Waals surface area (Å²) in [5.41, 5.74) is 5.79. The highest BCUT2D eigenvalue weighted by molar-refractivity contribution is 8.00. The molecule has 0 saturated heterocycles. The predicted molar refractivity (Wildman–Crippen MR) is 107 cm³/mol. The van der Waals surface area contributed by atoms with E-state index in [0.717, 1.165) is 30.7 Å². The Bertz CT molecular complexity index is 594. The lowest BCUT2D eigenvalue weighted by molar-refractivity contribution is -0.125. The number of amides is 2. The summed E-state index contributed by atoms with van der Waals surface area (Å²) < 4.78 is 0. The maximum absolute atomic E-state index is 12.4. The third kappa shape index (κ3) is 8.22. The van der Waals surface area contributed by atoms with Crippen molar-refractivity contribution in [1.82, 2.24) is 21.1 Å². The number of unbranched alkanes of at least 4 members (excludes halogenated alkanes) is 2. The zero-order valence-corrected chi connectivity index (χ0v) is 16.6. The standard InChI is InChI=1S/C17H26N4O2S2/c1-4-5-8-11-18-17(24)20-19-16(23)13-9-6-7-10-14(13)25-12-15(22)21(2)3/h6-7,9-10H,4-5,8,11-12H2,1-3H3,(H,19,23)(H2,18,20,24). The van der Waals surface area contributed by atoms with Crippen molar-refractivity contribution in [1.29, 1.82) is 0 Å². The van der Waals surface area contributed by atoms with Crippen molar-refractivity contribution in [2.75, 3.05) is 26.4 Å². The Labute approximate surface area is 159 Å². The van der Waals surface area contributed by atoms with E-state index in [2.05, 4.69) is 23.1 Å². The summed E-state index contributed by atoms with van der Waals surface area (Å²) in [6, 6.07) is 7.17. The molecular formula is C17H26N4O2S2. The van der Waals surface area contributed by atoms with Crippen molar-refractivity contribution >= 4 is 40.9 Å². The molecule has 25 heavy (non-hydrogen) atoms. The molecule has 0 aliphatic carbocycles. The first-order chi connectivity index (χ1) is 12.0. The average Bonchev–Trinajstić information content (AvgIpc) is 2.61. The summed E-state index contributed by atoms with van der Waals surface area (Å²) in [6.45, 7) is 2.91. The number of nitrogens with one attached hydrogen (secondary N) is 3. The Morgan fingerprint density at radius 2 is 1.88 bits per heavy atom. The van der Waals surface area contributed by atoms with Crippen molar-refractivity contribution in [2.45, 2.75) is 31.1 Å². The molecule has 0 bridgehead atoms. The van der Waals surface area contributed by atoms with Crippen molar-refractivity contribution in [2.24, 2.45) is 0 Å². The van der Waals surface area contributed by atoms with E-state index < -0.39 is 0 Å². The van der Waals surface area contributed by atoms with Crippen LogP contribution in [0.3, 0.4) is 0 Å². The number of carbonyl (C=O) groups is 2. The molecule has 0 aliphatic rings. The topological polar surface area (TPSA) is 73.5 Å². The molecule has 1 aromatic carbocycles. The second-order valence-electron chi connectivity index (χ2n) is 5.62. The smallest absolute Gasteiger partial charge is 0.270 e. The van der Waals surface area contributed by atoms with Gasteiger partial charge in [-0.25, -0.2) is 0 Å². The zero-order chi connectivity index (χ0) is 18.7. The maximum Gasteiger partial charge on any atom is 0.270 e. The highest BCUT2D eigenvalue weighted by Crippen LogP contribution is 2.22. The molecule has 138 valence electrons. The number of carbonyl (C=O) groups excluding carboxylic acids is 2. The SMILES string of the molecule is CCCCCNC(=S)NNC(=O)c1ccccc1SCC(=O)N(C)C. The molecule has 0 saturated carbocycles. The molecule has 0 aromatic heterocycles. The van der Waals surface area contributed by atoms with Crippen molar-refractivity contribution < 1.29 is 9.59 Å². The van der Waals surface area contributed by atoms with E-state index >= 15 is 0 Å². The zero-order valence-electron chi connectivity index (χ0n) is 14.9. The van der Waals surface area contributed by atoms with Crippen LogP contribution in [-0.2, 0) is 4.79 Å². The number of hydrogen-bond acceptors (Lipinski definition) is 4. The summed E-state index contributed by atoms with van der Waals surface area (Å²) in [7, 11) is 3.42. The Morgan fingerprint density at radius 3 is 2.56 bits per heavy atom. The molecule has 0 spiro atoms. The van der Waals surface area contributed by atoms with E-state index in [4.69, 9.17) is 12.2 Å². The largest absolute Gasteiger partial charge is 0.361 e. The van der Waals surface area contributed by atoms with Crippen LogP contribution in [0.2, 0.25) is 0 Å². The number of nitrogens with zero attached hydrogens (tertiary/aromatic N) is 1. The van der Waals surface area contributed by atoms with Crippen molar-refractivity contribution in [3.63, 3.8) is 0 Å². The number of thiocarbonyl (C=S) groups is 1. The van der Waals surface area contributed by atoms with Crippen LogP contribution in [0.1, 0.15) is 36.5 Å². The quantitative estimate of drug-likeness (QED) is 0.277. The lowest BCUT2D eigenvalue weighted by atomic mass is 10.2. The van der Waals surface area contributed by atoms with Crippen LogP contribution in [-0.4, -0.2) is 48.2 Å². The highest BCUT2D eigenvalue weighted by Gasteiger charge is 2.13. The normalized spacial score (nSPS) is 10.0. The third-order valence-corrected chi connectivity index (χ3v) is 4.64. The van der Waals surface area contributed by atoms with Crippen LogP contribution < -0.4 is 16.2 Å². The molecule has 1 rings (SSSR count). The Hall–Kier alpha value is -1.80. The van der Waals surface area contributed by atoms with Crippen molar-refractivity contribution in [3.8, 4) is 0 Å². The van der Waals surface area contributed by atoms with Crippen LogP contribution in [0, 0.1) is 0 Å². The van der Waals surface area contributed by atoms with Gasteiger partial charge in [0.2, 0.25) is 5.91 Å². The maximum atomic E-state index is 12.4. The highest BCUT2D eigenvalue weighted by atomic mass is 32.2. The second-order valence-corrected chi connectivity index (χ2v) is 7.04. The van der Waals surface area contributed by atoms with Crippen LogP contribution in [0.15, 0.2) is 29.2 Å². The Morgan fingerprint density at radius 1 is 1.16 bits per heavy atom. The first-order valence-corrected chi connectivity index (χ1v) is 9.61. The van der Waals surface area contributed by atoms with E-state index in [1.807, 2.05) is 12.1 Å². The molecule has 0 unspecified atom stereocenters. The predicted octanol–water partition coefficient (Wildman–Crippen LogP) is 2.17. The summed E-state index contributed by atoms with van der Waals surface area (Å²) in [5.74, 6) is -0.0174. The number of thioether (sulfide) groups is 1. The van der Waals surface area contributed by atoms with Crippen LogP contribution in [0.4, 0.5) is 0 Å². The van der Waals surface area contributed by atoms with Gasteiger partial charge < -0.3 is 10.2 Å². The van der Waals surface area contributed by atoms with Crippen LogP contribution in [0.5, 0.6) is 0 Å². The number of hydrazine groups is 1. The minimum atomic E-state index is -0.293. The first kappa shape index (κ1) is 21.2. The van der Waals surface area contributed by atoms with E-state index in [1.54, 1.807) is 26.2 Å².